The zero-order valence-electron chi connectivity index (χ0n) is 11.9. The van der Waals surface area contributed by atoms with Gasteiger partial charge in [-0.15, -0.1) is 0 Å². The van der Waals surface area contributed by atoms with Crippen LogP contribution in [0, 0.1) is 0 Å². The third-order valence-corrected chi connectivity index (χ3v) is 3.32. The lowest BCUT2D eigenvalue weighted by Crippen LogP contribution is -2.57. The third kappa shape index (κ3) is 4.18. The molecule has 0 aliphatic carbocycles. The molecule has 1 amide bonds. The summed E-state index contributed by atoms with van der Waals surface area (Å²) in [5.41, 5.74) is 4.34. The van der Waals surface area contributed by atoms with Gasteiger partial charge < -0.3 is 21.0 Å². The van der Waals surface area contributed by atoms with E-state index in [9.17, 15) is 4.79 Å². The molecule has 0 spiro atoms. The Bertz CT molecular complexity index is 310. The van der Waals surface area contributed by atoms with Gasteiger partial charge >= 0.3 is 0 Å². The van der Waals surface area contributed by atoms with Crippen molar-refractivity contribution >= 4 is 11.7 Å². The van der Waals surface area contributed by atoms with Gasteiger partial charge in [-0.2, -0.15) is 0 Å². The van der Waals surface area contributed by atoms with Crippen molar-refractivity contribution in [2.45, 2.75) is 58.1 Å². The van der Waals surface area contributed by atoms with Gasteiger partial charge in [0.2, 0.25) is 5.91 Å². The Morgan fingerprint density at radius 2 is 1.89 bits per heavy atom. The van der Waals surface area contributed by atoms with Crippen LogP contribution in [0.1, 0.15) is 47.0 Å². The molecule has 6 heteroatoms. The van der Waals surface area contributed by atoms with Crippen molar-refractivity contribution in [3.8, 4) is 0 Å². The van der Waals surface area contributed by atoms with Crippen molar-refractivity contribution in [1.29, 1.82) is 0 Å². The number of hydrogen-bond donors (Lipinski definition) is 3. The highest BCUT2D eigenvalue weighted by Crippen LogP contribution is 2.18. The SMILES string of the molecule is CCC(CC)(NC(=O)CC(C)(C)OC)C(N)=NO. The summed E-state index contributed by atoms with van der Waals surface area (Å²) in [5.74, 6) is -0.159. The molecule has 0 heterocycles. The van der Waals surface area contributed by atoms with E-state index in [-0.39, 0.29) is 18.2 Å². The summed E-state index contributed by atoms with van der Waals surface area (Å²) in [6, 6.07) is 0. The minimum atomic E-state index is -0.796. The fourth-order valence-electron chi connectivity index (χ4n) is 1.72. The van der Waals surface area contributed by atoms with Crippen molar-refractivity contribution < 1.29 is 14.7 Å². The van der Waals surface area contributed by atoms with Crippen LogP contribution in [0.5, 0.6) is 0 Å². The quantitative estimate of drug-likeness (QED) is 0.277. The van der Waals surface area contributed by atoms with Crippen molar-refractivity contribution in [3.63, 3.8) is 0 Å². The highest BCUT2D eigenvalue weighted by atomic mass is 16.5. The molecule has 0 aliphatic rings. The molecule has 0 bridgehead atoms. The van der Waals surface area contributed by atoms with Crippen LogP contribution < -0.4 is 11.1 Å². The minimum absolute atomic E-state index is 0.0241. The van der Waals surface area contributed by atoms with Gasteiger partial charge in [0.25, 0.3) is 0 Å². The molecule has 0 aromatic rings. The summed E-state index contributed by atoms with van der Waals surface area (Å²) in [4.78, 5) is 12.0. The first kappa shape index (κ1) is 16.7. The molecule has 0 radical (unpaired) electrons. The molecule has 0 aromatic carbocycles. The summed E-state index contributed by atoms with van der Waals surface area (Å²) in [7, 11) is 1.56. The van der Waals surface area contributed by atoms with Crippen LogP contribution in [0.4, 0.5) is 0 Å². The molecule has 0 aliphatic heterocycles. The smallest absolute Gasteiger partial charge is 0.223 e. The molecule has 0 rings (SSSR count). The second-order valence-electron chi connectivity index (χ2n) is 4.96. The van der Waals surface area contributed by atoms with Crippen LogP contribution in [0.25, 0.3) is 0 Å². The second kappa shape index (κ2) is 6.58. The number of amides is 1. The summed E-state index contributed by atoms with van der Waals surface area (Å²) in [6.07, 6.45) is 1.32. The summed E-state index contributed by atoms with van der Waals surface area (Å²) < 4.78 is 5.21. The first-order valence-electron chi connectivity index (χ1n) is 6.11. The molecule has 0 saturated carbocycles. The maximum absolute atomic E-state index is 12.0. The standard InChI is InChI=1S/C12H25N3O3/c1-6-12(7-2,10(13)15-17)14-9(16)8-11(3,4)18-5/h17H,6-8H2,1-5H3,(H2,13,15)(H,14,16). The Morgan fingerprint density at radius 1 is 1.39 bits per heavy atom. The number of rotatable bonds is 7. The molecule has 0 aromatic heterocycles. The number of oxime groups is 1. The molecular weight excluding hydrogens is 234 g/mol. The van der Waals surface area contributed by atoms with E-state index < -0.39 is 11.1 Å². The first-order chi connectivity index (χ1) is 8.26. The van der Waals surface area contributed by atoms with Crippen LogP contribution in [0.15, 0.2) is 5.16 Å². The Morgan fingerprint density at radius 3 is 2.22 bits per heavy atom. The number of ether oxygens (including phenoxy) is 1. The lowest BCUT2D eigenvalue weighted by atomic mass is 9.90. The van der Waals surface area contributed by atoms with E-state index in [1.165, 1.54) is 0 Å². The van der Waals surface area contributed by atoms with Gasteiger partial charge in [-0.3, -0.25) is 4.79 Å². The van der Waals surface area contributed by atoms with Gasteiger partial charge in [0.1, 0.15) is 5.54 Å². The Labute approximate surface area is 109 Å². The van der Waals surface area contributed by atoms with Crippen LogP contribution in [0.3, 0.4) is 0 Å². The average Bonchev–Trinajstić information content (AvgIpc) is 2.34. The molecule has 0 atom stereocenters. The molecule has 4 N–H and O–H groups in total. The van der Waals surface area contributed by atoms with Crippen molar-refractivity contribution in [3.05, 3.63) is 0 Å². The highest BCUT2D eigenvalue weighted by Gasteiger charge is 2.34. The Hall–Kier alpha value is -1.30. The van der Waals surface area contributed by atoms with E-state index in [0.717, 1.165) is 0 Å². The van der Waals surface area contributed by atoms with E-state index in [4.69, 9.17) is 15.7 Å². The van der Waals surface area contributed by atoms with Crippen LogP contribution >= 0.6 is 0 Å². The van der Waals surface area contributed by atoms with Crippen LogP contribution in [-0.4, -0.2) is 35.2 Å². The molecule has 0 saturated heterocycles. The molecule has 18 heavy (non-hydrogen) atoms. The first-order valence-corrected chi connectivity index (χ1v) is 6.11. The van der Waals surface area contributed by atoms with E-state index in [2.05, 4.69) is 10.5 Å². The maximum Gasteiger partial charge on any atom is 0.223 e. The zero-order chi connectivity index (χ0) is 14.4. The lowest BCUT2D eigenvalue weighted by molar-refractivity contribution is -0.127. The topological polar surface area (TPSA) is 96.9 Å². The third-order valence-electron chi connectivity index (χ3n) is 3.32. The number of carbonyl (C=O) groups is 1. The van der Waals surface area contributed by atoms with Gasteiger partial charge in [-0.1, -0.05) is 19.0 Å². The van der Waals surface area contributed by atoms with Crippen molar-refractivity contribution in [2.24, 2.45) is 10.9 Å². The average molecular weight is 259 g/mol. The van der Waals surface area contributed by atoms with Gasteiger partial charge in [-0.25, -0.2) is 0 Å². The molecular formula is C12H25N3O3. The number of carbonyl (C=O) groups excluding carboxylic acids is 1. The highest BCUT2D eigenvalue weighted by molar-refractivity contribution is 5.94. The van der Waals surface area contributed by atoms with Gasteiger partial charge in [0, 0.05) is 7.11 Å². The largest absolute Gasteiger partial charge is 0.409 e. The fraction of sp³-hybridized carbons (Fsp3) is 0.833. The lowest BCUT2D eigenvalue weighted by Gasteiger charge is -2.33. The molecule has 6 nitrogen and oxygen atoms in total. The minimum Gasteiger partial charge on any atom is -0.409 e. The number of methoxy groups -OCH3 is 1. The predicted molar refractivity (Wildman–Crippen MR) is 70.6 cm³/mol. The Balaban J connectivity index is 4.86. The normalized spacial score (nSPS) is 13.5. The van der Waals surface area contributed by atoms with E-state index in [0.29, 0.717) is 12.8 Å². The van der Waals surface area contributed by atoms with Crippen molar-refractivity contribution in [1.82, 2.24) is 5.32 Å². The fourth-order valence-corrected chi connectivity index (χ4v) is 1.72. The van der Waals surface area contributed by atoms with Crippen LogP contribution in [0.2, 0.25) is 0 Å². The second-order valence-corrected chi connectivity index (χ2v) is 4.96. The summed E-state index contributed by atoms with van der Waals surface area (Å²) in [6.45, 7) is 7.41. The number of nitrogens with two attached hydrogens (primary N) is 1. The molecule has 106 valence electrons. The van der Waals surface area contributed by atoms with Crippen molar-refractivity contribution in [2.75, 3.05) is 7.11 Å². The summed E-state index contributed by atoms with van der Waals surface area (Å²) in [5, 5.41) is 14.7. The molecule has 0 unspecified atom stereocenters. The number of nitrogens with zero attached hydrogens (tertiary/aromatic N) is 1. The van der Waals surface area contributed by atoms with Gasteiger partial charge in [0.15, 0.2) is 5.84 Å². The predicted octanol–water partition coefficient (Wildman–Crippen LogP) is 1.22. The number of amidine groups is 1. The van der Waals surface area contributed by atoms with E-state index in [1.54, 1.807) is 7.11 Å². The van der Waals surface area contributed by atoms with E-state index >= 15 is 0 Å². The van der Waals surface area contributed by atoms with Gasteiger partial charge in [-0.05, 0) is 26.7 Å². The zero-order valence-corrected chi connectivity index (χ0v) is 11.9. The number of nitrogens with one attached hydrogen (secondary N) is 1. The van der Waals surface area contributed by atoms with E-state index in [1.807, 2.05) is 27.7 Å². The van der Waals surface area contributed by atoms with Crippen LogP contribution in [-0.2, 0) is 9.53 Å². The number of hydrogen-bond acceptors (Lipinski definition) is 4. The Kier molecular flexibility index (Phi) is 6.11. The maximum atomic E-state index is 12.0. The van der Waals surface area contributed by atoms with Gasteiger partial charge in [0.05, 0.1) is 12.0 Å². The summed E-state index contributed by atoms with van der Waals surface area (Å²) >= 11 is 0. The monoisotopic (exact) mass is 259 g/mol. The molecule has 0 fully saturated rings.